The summed E-state index contributed by atoms with van der Waals surface area (Å²) in [5.41, 5.74) is 1.89. The molecule has 664 valence electrons. The van der Waals surface area contributed by atoms with E-state index in [9.17, 15) is 95.7 Å². The average Bonchev–Trinajstić information content (AvgIpc) is 1.58. The van der Waals surface area contributed by atoms with E-state index in [-0.39, 0.29) is 164 Å². The van der Waals surface area contributed by atoms with Crippen molar-refractivity contribution < 1.29 is 307 Å². The van der Waals surface area contributed by atoms with Crippen LogP contribution in [-0.4, -0.2) is 83.5 Å². The average molecular weight is 2000 g/mol. The number of aromatic hydroxyl groups is 4. The third kappa shape index (κ3) is 24.9. The van der Waals surface area contributed by atoms with Crippen molar-refractivity contribution in [3.63, 3.8) is 0 Å². The van der Waals surface area contributed by atoms with Gasteiger partial charge in [-0.1, -0.05) is 170 Å². The Labute approximate surface area is 834 Å². The van der Waals surface area contributed by atoms with Crippen molar-refractivity contribution in [2.45, 2.75) is 22.4 Å². The Balaban J connectivity index is 0.000000196. The Morgan fingerprint density at radius 1 is 0.220 bits per heavy atom. The molecule has 4 aliphatic heterocycles. The standard InChI is InChI=1S/4C20H16O10P2.4Na/c4*21-15-9-5-13(6-10-15)20(18-4-2-1-3-17(18)19(22)28-20)14-7-11-16(12-8-14)29-32(26,27)30-31(23,24)25;;;;/h4*1-12,21H,(H,26,27)(H2,23,24,25);;;;/q;;;;4*+1/p-4. The van der Waals surface area contributed by atoms with Crippen molar-refractivity contribution in [3.8, 4) is 46.0 Å². The van der Waals surface area contributed by atoms with Gasteiger partial charge in [0.25, 0.3) is 0 Å². The number of ether oxygens (including phenoxy) is 4. The number of carbonyl (C=O) groups is 4. The molecule has 0 saturated carbocycles. The van der Waals surface area contributed by atoms with Gasteiger partial charge < -0.3 is 116 Å². The van der Waals surface area contributed by atoms with Crippen molar-refractivity contribution in [1.82, 2.24) is 0 Å². The number of phenols is 4. The van der Waals surface area contributed by atoms with Gasteiger partial charge in [0, 0.05) is 66.8 Å². The number of phosphoric acid groups is 8. The minimum atomic E-state index is -5.35. The van der Waals surface area contributed by atoms with Crippen molar-refractivity contribution in [2.24, 2.45) is 0 Å². The molecule has 0 fully saturated rings. The monoisotopic (exact) mass is 2000 g/mol. The maximum absolute atomic E-state index is 12.6. The molecule has 0 radical (unpaired) electrons. The fraction of sp³-hybridized carbons (Fsp3) is 0.0500. The van der Waals surface area contributed by atoms with Crippen LogP contribution in [0.25, 0.3) is 0 Å². The van der Waals surface area contributed by atoms with Gasteiger partial charge in [-0.15, -0.1) is 0 Å². The first-order valence-corrected chi connectivity index (χ1v) is 48.0. The fourth-order valence-corrected chi connectivity index (χ4v) is 20.4. The van der Waals surface area contributed by atoms with E-state index >= 15 is 0 Å². The van der Waals surface area contributed by atoms with Crippen LogP contribution in [-0.2, 0) is 95.1 Å². The van der Waals surface area contributed by atoms with Crippen molar-refractivity contribution in [3.05, 3.63) is 380 Å². The van der Waals surface area contributed by atoms with Gasteiger partial charge in [-0.3, -0.25) is 18.3 Å². The molecule has 4 aliphatic rings. The van der Waals surface area contributed by atoms with Crippen LogP contribution in [0, 0.1) is 0 Å². The van der Waals surface area contributed by atoms with Gasteiger partial charge in [0.2, 0.25) is 0 Å². The van der Waals surface area contributed by atoms with Crippen LogP contribution < -0.4 is 156 Å². The van der Waals surface area contributed by atoms with Gasteiger partial charge in [-0.2, -0.15) is 0 Å². The Morgan fingerprint density at radius 3 is 0.500 bits per heavy atom. The number of phenolic OH excluding ortho intramolecular Hbond substituents is 4. The minimum Gasteiger partial charge on any atom is -0.746 e. The molecule has 40 nitrogen and oxygen atoms in total. The summed E-state index contributed by atoms with van der Waals surface area (Å²) in [5, 5.41) is 38.7. The normalized spacial score (nSPS) is 19.1. The molecule has 0 amide bonds. The maximum Gasteiger partial charge on any atom is 1.00 e. The van der Waals surface area contributed by atoms with Gasteiger partial charge in [-0.05, 0) is 121 Å². The van der Waals surface area contributed by atoms with Crippen molar-refractivity contribution >= 4 is 86.5 Å². The van der Waals surface area contributed by atoms with Crippen LogP contribution in [0.5, 0.6) is 46.0 Å². The summed E-state index contributed by atoms with van der Waals surface area (Å²) in [4.78, 5) is 167. The molecule has 0 aromatic heterocycles. The second-order valence-electron chi connectivity index (χ2n) is 27.2. The maximum atomic E-state index is 12.6. The van der Waals surface area contributed by atoms with E-state index in [1.54, 1.807) is 146 Å². The Morgan fingerprint density at radius 2 is 0.356 bits per heavy atom. The van der Waals surface area contributed by atoms with Crippen LogP contribution in [0.1, 0.15) is 108 Å². The first-order valence-electron chi connectivity index (χ1n) is 36.0. The summed E-state index contributed by atoms with van der Waals surface area (Å²) in [5.74, 6) is -3.30. The first-order chi connectivity index (χ1) is 60.0. The van der Waals surface area contributed by atoms with Gasteiger partial charge in [0.05, 0.1) is 22.3 Å². The van der Waals surface area contributed by atoms with E-state index in [0.717, 1.165) is 0 Å². The molecule has 0 bridgehead atoms. The van der Waals surface area contributed by atoms with E-state index < -0.39 is 109 Å². The Kier molecular flexibility index (Phi) is 34.6. The number of rotatable bonds is 24. The van der Waals surface area contributed by atoms with Gasteiger partial charge in [0.1, 0.15) is 46.0 Å². The van der Waals surface area contributed by atoms with Crippen LogP contribution >= 0.6 is 62.6 Å². The second kappa shape index (κ2) is 42.4. The fourth-order valence-electron chi connectivity index (χ4n) is 14.1. The molecule has 52 heteroatoms. The molecule has 16 rings (SSSR count). The second-order valence-corrected chi connectivity index (χ2v) is 38.0. The summed E-state index contributed by atoms with van der Waals surface area (Å²) in [6.45, 7) is 0. The third-order valence-electron chi connectivity index (χ3n) is 18.9. The third-order valence-corrected chi connectivity index (χ3v) is 27.3. The van der Waals surface area contributed by atoms with Crippen molar-refractivity contribution in [2.75, 3.05) is 0 Å². The summed E-state index contributed by atoms with van der Waals surface area (Å²) < 4.78 is 146. The van der Waals surface area contributed by atoms with E-state index in [1.165, 1.54) is 146 Å². The molecule has 8 atom stereocenters. The molecule has 0 aliphatic carbocycles. The van der Waals surface area contributed by atoms with E-state index in [2.05, 4.69) is 35.3 Å². The van der Waals surface area contributed by atoms with E-state index in [0.29, 0.717) is 89.0 Å². The summed E-state index contributed by atoms with van der Waals surface area (Å²) in [6.07, 6.45) is 0. The predicted molar refractivity (Wildman–Crippen MR) is 431 cm³/mol. The van der Waals surface area contributed by atoms with Crippen LogP contribution in [0.4, 0.5) is 0 Å². The van der Waals surface area contributed by atoms with Crippen LogP contribution in [0.2, 0.25) is 0 Å². The van der Waals surface area contributed by atoms with Gasteiger partial charge in [-0.25, -0.2) is 54.7 Å². The van der Waals surface area contributed by atoms with Crippen molar-refractivity contribution in [1.29, 1.82) is 0 Å². The number of fused-ring (bicyclic) bond motifs is 4. The molecule has 0 spiro atoms. The van der Waals surface area contributed by atoms with Gasteiger partial charge >= 0.3 is 205 Å². The largest absolute Gasteiger partial charge is 1.00 e. The van der Waals surface area contributed by atoms with E-state index in [1.807, 2.05) is 0 Å². The topological polar surface area (TPSA) is 651 Å². The zero-order chi connectivity index (χ0) is 92.6. The number of benzene rings is 12. The number of hydrogen-bond donors (Lipinski definition) is 12. The molecule has 8 unspecified atom stereocenters. The molecule has 12 aromatic carbocycles. The number of phosphoric ester groups is 4. The zero-order valence-electron chi connectivity index (χ0n) is 68.1. The van der Waals surface area contributed by atoms with Crippen LogP contribution in [0.3, 0.4) is 0 Å². The van der Waals surface area contributed by atoms with Gasteiger partial charge in [0.15, 0.2) is 22.4 Å². The Hall–Kier alpha value is -7.88. The molecule has 0 saturated heterocycles. The first kappa shape index (κ1) is 108. The number of hydrogen-bond acceptors (Lipinski definition) is 32. The number of carbonyl (C=O) groups excluding carboxylic acids is 4. The molecule has 12 aromatic rings. The quantitative estimate of drug-likeness (QED) is 0.0153. The smallest absolute Gasteiger partial charge is 0.746 e. The number of esters is 4. The van der Waals surface area contributed by atoms with E-state index in [4.69, 9.17) is 58.1 Å². The summed E-state index contributed by atoms with van der Waals surface area (Å²) in [7, 11) is -42.7. The molecule has 4 heterocycles. The molecule has 132 heavy (non-hydrogen) atoms. The summed E-state index contributed by atoms with van der Waals surface area (Å²) in [6, 6.07) is 72.6. The van der Waals surface area contributed by atoms with Crippen LogP contribution in [0.15, 0.2) is 291 Å². The molecular weight excluding hydrogens is 1940 g/mol. The minimum absolute atomic E-state index is 0. The number of cyclic esters (lactones) is 4. The molecular formula is C80H60Na4O40P8. The predicted octanol–water partition coefficient (Wildman–Crippen LogP) is -0.740. The zero-order valence-corrected chi connectivity index (χ0v) is 83.2. The molecule has 12 N–H and O–H groups in total. The summed E-state index contributed by atoms with van der Waals surface area (Å²) >= 11 is 0. The Bertz CT molecular complexity index is 5890. The SMILES string of the molecule is O=C1OC(c2ccc(O)cc2)(c2ccc(OP(=O)([O-])OP(=O)(O)O)cc2)c2ccccc21.O=C1OC(c2ccc(O)cc2)(c2ccc(OP(=O)([O-])OP(=O)(O)O)cc2)c2ccccc21.O=C1OC(c2ccc(O)cc2)(c2ccc(OP(=O)([O-])OP(=O)(O)O)cc2)c2ccccc21.O=C1OC(c2ccc(O)cc2)(c2ccc(OP(=O)([O-])OP(=O)(O)O)cc2)c2ccccc21.[Na+].[Na+].[Na+].[Na+].